The van der Waals surface area contributed by atoms with Crippen LogP contribution >= 0.6 is 23.1 Å². The van der Waals surface area contributed by atoms with Crippen LogP contribution < -0.4 is 0 Å². The molecule has 0 aliphatic rings. The normalized spacial score (nSPS) is 10.6. The van der Waals surface area contributed by atoms with Crippen LogP contribution in [0.25, 0.3) is 0 Å². The van der Waals surface area contributed by atoms with E-state index in [2.05, 4.69) is 24.0 Å². The molecule has 0 atom stereocenters. The van der Waals surface area contributed by atoms with Gasteiger partial charge in [-0.05, 0) is 19.1 Å². The van der Waals surface area contributed by atoms with E-state index in [9.17, 15) is 4.79 Å². The lowest BCUT2D eigenvalue weighted by Gasteiger charge is -2.04. The number of carboxylic acid groups (broad SMARTS) is 1. The van der Waals surface area contributed by atoms with Crippen LogP contribution in [-0.4, -0.2) is 26.4 Å². The molecule has 0 aliphatic carbocycles. The standard InChI is InChI=1S/C11H12N2O2S2/c1-8-2-3-9(17-8)6-13-5-4-12-11(13)16-7-10(14)15/h2-5H,6-7H2,1H3,(H,14,15). The quantitative estimate of drug-likeness (QED) is 0.846. The number of aliphatic carboxylic acids is 1. The molecule has 2 aromatic rings. The molecule has 1 N–H and O–H groups in total. The number of thiophene rings is 1. The van der Waals surface area contributed by atoms with E-state index in [1.165, 1.54) is 21.5 Å². The van der Waals surface area contributed by atoms with E-state index in [1.54, 1.807) is 17.5 Å². The number of hydrogen-bond acceptors (Lipinski definition) is 4. The molecule has 0 saturated carbocycles. The molecule has 0 saturated heterocycles. The van der Waals surface area contributed by atoms with Crippen LogP contribution in [0.1, 0.15) is 9.75 Å². The molecule has 0 amide bonds. The van der Waals surface area contributed by atoms with Crippen molar-refractivity contribution in [3.8, 4) is 0 Å². The first-order chi connectivity index (χ1) is 8.15. The lowest BCUT2D eigenvalue weighted by Crippen LogP contribution is -2.02. The summed E-state index contributed by atoms with van der Waals surface area (Å²) in [6.07, 6.45) is 3.57. The third-order valence-electron chi connectivity index (χ3n) is 2.12. The number of aryl methyl sites for hydroxylation is 1. The number of carboxylic acids is 1. The SMILES string of the molecule is Cc1ccc(Cn2ccnc2SCC(=O)O)s1. The zero-order valence-corrected chi connectivity index (χ0v) is 10.9. The molecular formula is C11H12N2O2S2. The van der Waals surface area contributed by atoms with Crippen molar-refractivity contribution in [3.05, 3.63) is 34.3 Å². The summed E-state index contributed by atoms with van der Waals surface area (Å²) in [7, 11) is 0. The number of rotatable bonds is 5. The van der Waals surface area contributed by atoms with Crippen molar-refractivity contribution in [3.63, 3.8) is 0 Å². The fourth-order valence-corrected chi connectivity index (χ4v) is 2.99. The Kier molecular flexibility index (Phi) is 3.86. The molecule has 0 unspecified atom stereocenters. The highest BCUT2D eigenvalue weighted by molar-refractivity contribution is 7.99. The predicted octanol–water partition coefficient (Wildman–Crippen LogP) is 2.48. The minimum atomic E-state index is -0.823. The number of nitrogens with zero attached hydrogens (tertiary/aromatic N) is 2. The molecule has 2 aromatic heterocycles. The number of carbonyl (C=O) groups is 1. The fraction of sp³-hybridized carbons (Fsp3) is 0.273. The maximum absolute atomic E-state index is 10.5. The molecule has 2 rings (SSSR count). The molecule has 0 fully saturated rings. The van der Waals surface area contributed by atoms with Gasteiger partial charge in [-0.3, -0.25) is 4.79 Å². The summed E-state index contributed by atoms with van der Waals surface area (Å²) in [4.78, 5) is 17.2. The zero-order valence-electron chi connectivity index (χ0n) is 9.29. The summed E-state index contributed by atoms with van der Waals surface area (Å²) >= 11 is 2.99. The van der Waals surface area contributed by atoms with E-state index in [1.807, 2.05) is 10.8 Å². The maximum Gasteiger partial charge on any atom is 0.313 e. The van der Waals surface area contributed by atoms with E-state index >= 15 is 0 Å². The Morgan fingerprint density at radius 1 is 1.59 bits per heavy atom. The molecule has 6 heteroatoms. The monoisotopic (exact) mass is 268 g/mol. The highest BCUT2D eigenvalue weighted by Gasteiger charge is 2.07. The van der Waals surface area contributed by atoms with Gasteiger partial charge in [-0.25, -0.2) is 4.98 Å². The van der Waals surface area contributed by atoms with Gasteiger partial charge < -0.3 is 9.67 Å². The van der Waals surface area contributed by atoms with Gasteiger partial charge in [0.15, 0.2) is 5.16 Å². The first kappa shape index (κ1) is 12.2. The molecular weight excluding hydrogens is 256 g/mol. The summed E-state index contributed by atoms with van der Waals surface area (Å²) in [5.41, 5.74) is 0. The summed E-state index contributed by atoms with van der Waals surface area (Å²) in [6.45, 7) is 2.82. The molecule has 17 heavy (non-hydrogen) atoms. The number of aromatic nitrogens is 2. The molecule has 4 nitrogen and oxygen atoms in total. The van der Waals surface area contributed by atoms with Crippen molar-refractivity contribution >= 4 is 29.1 Å². The van der Waals surface area contributed by atoms with E-state index in [0.29, 0.717) is 0 Å². The molecule has 0 bridgehead atoms. The minimum Gasteiger partial charge on any atom is -0.481 e. The molecule has 0 aromatic carbocycles. The third-order valence-corrected chi connectivity index (χ3v) is 4.10. The van der Waals surface area contributed by atoms with Gasteiger partial charge in [0.1, 0.15) is 0 Å². The maximum atomic E-state index is 10.5. The van der Waals surface area contributed by atoms with Crippen LogP contribution in [0.5, 0.6) is 0 Å². The van der Waals surface area contributed by atoms with Gasteiger partial charge >= 0.3 is 5.97 Å². The summed E-state index contributed by atoms with van der Waals surface area (Å²) in [5.74, 6) is -0.781. The number of hydrogen-bond donors (Lipinski definition) is 1. The first-order valence-electron chi connectivity index (χ1n) is 5.06. The molecule has 90 valence electrons. The summed E-state index contributed by atoms with van der Waals surface area (Å²) in [6, 6.07) is 4.17. The van der Waals surface area contributed by atoms with E-state index < -0.39 is 5.97 Å². The van der Waals surface area contributed by atoms with Gasteiger partial charge in [-0.15, -0.1) is 11.3 Å². The van der Waals surface area contributed by atoms with Crippen LogP contribution in [-0.2, 0) is 11.3 Å². The van der Waals surface area contributed by atoms with Gasteiger partial charge in [-0.1, -0.05) is 11.8 Å². The van der Waals surface area contributed by atoms with Crippen molar-refractivity contribution in [2.75, 3.05) is 5.75 Å². The largest absolute Gasteiger partial charge is 0.481 e. The van der Waals surface area contributed by atoms with Crippen molar-refractivity contribution in [2.45, 2.75) is 18.6 Å². The van der Waals surface area contributed by atoms with Crippen LogP contribution in [0.15, 0.2) is 29.7 Å². The molecule has 0 spiro atoms. The van der Waals surface area contributed by atoms with Crippen LogP contribution in [0.3, 0.4) is 0 Å². The average molecular weight is 268 g/mol. The number of imidazole rings is 1. The van der Waals surface area contributed by atoms with Gasteiger partial charge in [0.05, 0.1) is 12.3 Å². The van der Waals surface area contributed by atoms with Crippen LogP contribution in [0, 0.1) is 6.92 Å². The Morgan fingerprint density at radius 2 is 2.41 bits per heavy atom. The smallest absolute Gasteiger partial charge is 0.313 e. The van der Waals surface area contributed by atoms with E-state index in [4.69, 9.17) is 5.11 Å². The Morgan fingerprint density at radius 3 is 3.06 bits per heavy atom. The fourth-order valence-electron chi connectivity index (χ4n) is 1.42. The third kappa shape index (κ3) is 3.34. The molecule has 0 radical (unpaired) electrons. The number of thioether (sulfide) groups is 1. The van der Waals surface area contributed by atoms with E-state index in [-0.39, 0.29) is 5.75 Å². The lowest BCUT2D eigenvalue weighted by atomic mass is 10.4. The second-order valence-corrected chi connectivity index (χ2v) is 5.85. The second kappa shape index (κ2) is 5.37. The van der Waals surface area contributed by atoms with Gasteiger partial charge in [-0.2, -0.15) is 0 Å². The Labute approximate surface area is 107 Å². The Balaban J connectivity index is 2.06. The van der Waals surface area contributed by atoms with Gasteiger partial charge in [0.25, 0.3) is 0 Å². The lowest BCUT2D eigenvalue weighted by molar-refractivity contribution is -0.133. The van der Waals surface area contributed by atoms with E-state index in [0.717, 1.165) is 11.7 Å². The van der Waals surface area contributed by atoms with Crippen LogP contribution in [0.2, 0.25) is 0 Å². The highest BCUT2D eigenvalue weighted by Crippen LogP contribution is 2.20. The van der Waals surface area contributed by atoms with Crippen molar-refractivity contribution in [1.29, 1.82) is 0 Å². The zero-order chi connectivity index (χ0) is 12.3. The summed E-state index contributed by atoms with van der Waals surface area (Å²) < 4.78 is 1.97. The van der Waals surface area contributed by atoms with Gasteiger partial charge in [0, 0.05) is 22.1 Å². The van der Waals surface area contributed by atoms with Crippen molar-refractivity contribution < 1.29 is 9.90 Å². The second-order valence-electron chi connectivity index (χ2n) is 3.53. The molecule has 0 aliphatic heterocycles. The topological polar surface area (TPSA) is 55.1 Å². The van der Waals surface area contributed by atoms with Crippen molar-refractivity contribution in [1.82, 2.24) is 9.55 Å². The summed E-state index contributed by atoms with van der Waals surface area (Å²) in [5, 5.41) is 9.39. The Hall–Kier alpha value is -1.27. The molecule has 2 heterocycles. The van der Waals surface area contributed by atoms with Crippen molar-refractivity contribution in [2.24, 2.45) is 0 Å². The van der Waals surface area contributed by atoms with Crippen LogP contribution in [0.4, 0.5) is 0 Å². The predicted molar refractivity (Wildman–Crippen MR) is 68.7 cm³/mol. The Bertz CT molecular complexity index is 519. The van der Waals surface area contributed by atoms with Gasteiger partial charge in [0.2, 0.25) is 0 Å². The minimum absolute atomic E-state index is 0.0421. The average Bonchev–Trinajstić information content (AvgIpc) is 2.86. The first-order valence-corrected chi connectivity index (χ1v) is 6.86. The highest BCUT2D eigenvalue weighted by atomic mass is 32.2.